The Balaban J connectivity index is 1.68. The highest BCUT2D eigenvalue weighted by Crippen LogP contribution is 2.24. The van der Waals surface area contributed by atoms with E-state index in [2.05, 4.69) is 27.0 Å². The van der Waals surface area contributed by atoms with E-state index >= 15 is 0 Å². The van der Waals surface area contributed by atoms with Crippen LogP contribution in [0.1, 0.15) is 33.9 Å². The lowest BCUT2D eigenvalue weighted by Crippen LogP contribution is -2.34. The fourth-order valence-corrected chi connectivity index (χ4v) is 3.59. The van der Waals surface area contributed by atoms with Crippen molar-refractivity contribution in [2.75, 3.05) is 26.0 Å². The van der Waals surface area contributed by atoms with Crippen LogP contribution >= 0.6 is 11.3 Å². The van der Waals surface area contributed by atoms with Crippen molar-refractivity contribution in [2.45, 2.75) is 18.9 Å². The van der Waals surface area contributed by atoms with E-state index in [1.54, 1.807) is 17.4 Å². The van der Waals surface area contributed by atoms with Crippen LogP contribution in [0.15, 0.2) is 35.0 Å². The maximum atomic E-state index is 12.5. The number of amides is 2. The zero-order valence-corrected chi connectivity index (χ0v) is 14.7. The van der Waals surface area contributed by atoms with Crippen molar-refractivity contribution in [2.24, 2.45) is 0 Å². The van der Waals surface area contributed by atoms with Gasteiger partial charge in [0, 0.05) is 24.2 Å². The van der Waals surface area contributed by atoms with Gasteiger partial charge in [-0.1, -0.05) is 0 Å². The molecule has 6 heteroatoms. The number of anilines is 1. The van der Waals surface area contributed by atoms with Crippen molar-refractivity contribution >= 4 is 28.8 Å². The molecule has 1 aliphatic heterocycles. The molecule has 0 aliphatic carbocycles. The molecule has 0 spiro atoms. The lowest BCUT2D eigenvalue weighted by Gasteiger charge is -2.24. The highest BCUT2D eigenvalue weighted by molar-refractivity contribution is 7.07. The number of fused-ring (bicyclic) bond motifs is 1. The Morgan fingerprint density at radius 1 is 1.33 bits per heavy atom. The third kappa shape index (κ3) is 3.66. The summed E-state index contributed by atoms with van der Waals surface area (Å²) in [4.78, 5) is 26.0. The molecule has 0 unspecified atom stereocenters. The number of hydrogen-bond donors (Lipinski definition) is 2. The molecule has 126 valence electrons. The fraction of sp³-hybridized carbons (Fsp3) is 0.333. The lowest BCUT2D eigenvalue weighted by atomic mass is 10.00. The minimum atomic E-state index is -0.0863. The van der Waals surface area contributed by atoms with Gasteiger partial charge in [-0.05, 0) is 66.7 Å². The molecule has 1 aromatic heterocycles. The number of carbonyl (C=O) groups is 2. The summed E-state index contributed by atoms with van der Waals surface area (Å²) >= 11 is 1.66. The van der Waals surface area contributed by atoms with E-state index in [0.29, 0.717) is 24.9 Å². The number of hydrogen-bond acceptors (Lipinski definition) is 4. The molecule has 0 fully saturated rings. The Morgan fingerprint density at radius 3 is 2.88 bits per heavy atom. The molecule has 2 heterocycles. The summed E-state index contributed by atoms with van der Waals surface area (Å²) in [5.74, 6) is -0.0546. The van der Waals surface area contributed by atoms with E-state index in [-0.39, 0.29) is 17.9 Å². The van der Waals surface area contributed by atoms with Crippen molar-refractivity contribution in [3.05, 3.63) is 51.7 Å². The Kier molecular flexibility index (Phi) is 4.97. The second-order valence-electron chi connectivity index (χ2n) is 6.17. The average molecular weight is 343 g/mol. The summed E-state index contributed by atoms with van der Waals surface area (Å²) in [5, 5.41) is 10.0. The normalized spacial score (nSPS) is 14.9. The molecule has 2 aromatic rings. The van der Waals surface area contributed by atoms with Crippen molar-refractivity contribution in [3.8, 4) is 0 Å². The van der Waals surface area contributed by atoms with Gasteiger partial charge in [-0.25, -0.2) is 0 Å². The first-order valence-electron chi connectivity index (χ1n) is 7.94. The van der Waals surface area contributed by atoms with Crippen LogP contribution in [0.2, 0.25) is 0 Å². The topological polar surface area (TPSA) is 61.4 Å². The summed E-state index contributed by atoms with van der Waals surface area (Å²) in [7, 11) is 4.02. The SMILES string of the molecule is CN(C)[C@@H](CNC(=O)c1ccc2c(c1)CCC(=O)N2)c1ccsc1. The van der Waals surface area contributed by atoms with Crippen LogP contribution in [0, 0.1) is 0 Å². The number of thiophene rings is 1. The van der Waals surface area contributed by atoms with Crippen LogP contribution < -0.4 is 10.6 Å². The molecule has 0 radical (unpaired) electrons. The predicted molar refractivity (Wildman–Crippen MR) is 96.5 cm³/mol. The van der Waals surface area contributed by atoms with Crippen LogP contribution in [-0.2, 0) is 11.2 Å². The Morgan fingerprint density at radius 2 is 2.17 bits per heavy atom. The van der Waals surface area contributed by atoms with E-state index in [4.69, 9.17) is 0 Å². The highest BCUT2D eigenvalue weighted by Gasteiger charge is 2.19. The molecule has 5 nitrogen and oxygen atoms in total. The standard InChI is InChI=1S/C18H21N3O2S/c1-21(2)16(14-7-8-24-11-14)10-19-18(23)13-3-5-15-12(9-13)4-6-17(22)20-15/h3,5,7-9,11,16H,4,6,10H2,1-2H3,(H,19,23)(H,20,22)/t16-/m0/s1. The molecule has 1 aromatic carbocycles. The zero-order chi connectivity index (χ0) is 17.1. The van der Waals surface area contributed by atoms with Gasteiger partial charge in [0.2, 0.25) is 5.91 Å². The van der Waals surface area contributed by atoms with Gasteiger partial charge in [0.1, 0.15) is 0 Å². The van der Waals surface area contributed by atoms with Gasteiger partial charge in [0.25, 0.3) is 5.91 Å². The molecule has 0 saturated carbocycles. The second-order valence-corrected chi connectivity index (χ2v) is 6.95. The van der Waals surface area contributed by atoms with Gasteiger partial charge < -0.3 is 15.5 Å². The zero-order valence-electron chi connectivity index (χ0n) is 13.8. The summed E-state index contributed by atoms with van der Waals surface area (Å²) < 4.78 is 0. The van der Waals surface area contributed by atoms with Gasteiger partial charge in [-0.15, -0.1) is 0 Å². The van der Waals surface area contributed by atoms with Crippen LogP contribution in [-0.4, -0.2) is 37.4 Å². The largest absolute Gasteiger partial charge is 0.350 e. The number of benzene rings is 1. The lowest BCUT2D eigenvalue weighted by molar-refractivity contribution is -0.116. The van der Waals surface area contributed by atoms with E-state index < -0.39 is 0 Å². The second kappa shape index (κ2) is 7.15. The van der Waals surface area contributed by atoms with E-state index in [9.17, 15) is 9.59 Å². The van der Waals surface area contributed by atoms with Crippen molar-refractivity contribution < 1.29 is 9.59 Å². The number of likely N-dealkylation sites (N-methyl/N-ethyl adjacent to an activating group) is 1. The van der Waals surface area contributed by atoms with E-state index in [1.165, 1.54) is 5.56 Å². The van der Waals surface area contributed by atoms with Crippen LogP contribution in [0.3, 0.4) is 0 Å². The minimum Gasteiger partial charge on any atom is -0.350 e. The first-order chi connectivity index (χ1) is 11.5. The summed E-state index contributed by atoms with van der Waals surface area (Å²) in [6.07, 6.45) is 1.15. The average Bonchev–Trinajstić information content (AvgIpc) is 3.08. The van der Waals surface area contributed by atoms with Gasteiger partial charge in [-0.2, -0.15) is 11.3 Å². The maximum absolute atomic E-state index is 12.5. The maximum Gasteiger partial charge on any atom is 0.251 e. The van der Waals surface area contributed by atoms with E-state index in [1.807, 2.05) is 31.6 Å². The molecule has 1 aliphatic rings. The molecule has 0 bridgehead atoms. The minimum absolute atomic E-state index is 0.0317. The van der Waals surface area contributed by atoms with Gasteiger partial charge in [-0.3, -0.25) is 9.59 Å². The third-order valence-corrected chi connectivity index (χ3v) is 4.97. The van der Waals surface area contributed by atoms with Gasteiger partial charge in [0.15, 0.2) is 0 Å². The summed E-state index contributed by atoms with van der Waals surface area (Å²) in [5.41, 5.74) is 3.67. The summed E-state index contributed by atoms with van der Waals surface area (Å²) in [6.45, 7) is 0.552. The van der Waals surface area contributed by atoms with Crippen LogP contribution in [0.25, 0.3) is 0 Å². The van der Waals surface area contributed by atoms with Crippen LogP contribution in [0.4, 0.5) is 5.69 Å². The fourth-order valence-electron chi connectivity index (χ4n) is 2.88. The van der Waals surface area contributed by atoms with Gasteiger partial charge >= 0.3 is 0 Å². The van der Waals surface area contributed by atoms with Crippen molar-refractivity contribution in [3.63, 3.8) is 0 Å². The number of nitrogens with zero attached hydrogens (tertiary/aromatic N) is 1. The van der Waals surface area contributed by atoms with Gasteiger partial charge in [0.05, 0.1) is 6.04 Å². The Labute approximate surface area is 145 Å². The van der Waals surface area contributed by atoms with Crippen LogP contribution in [0.5, 0.6) is 0 Å². The first kappa shape index (κ1) is 16.7. The van der Waals surface area contributed by atoms with E-state index in [0.717, 1.165) is 11.3 Å². The number of aryl methyl sites for hydroxylation is 1. The molecule has 2 amide bonds. The molecule has 0 saturated heterocycles. The van der Waals surface area contributed by atoms with Crippen molar-refractivity contribution in [1.82, 2.24) is 10.2 Å². The van der Waals surface area contributed by atoms with Crippen molar-refractivity contribution in [1.29, 1.82) is 0 Å². The molecule has 2 N–H and O–H groups in total. The highest BCUT2D eigenvalue weighted by atomic mass is 32.1. The molecular formula is C18H21N3O2S. The molecule has 1 atom stereocenters. The quantitative estimate of drug-likeness (QED) is 0.877. The monoisotopic (exact) mass is 343 g/mol. The summed E-state index contributed by atoms with van der Waals surface area (Å²) in [6, 6.07) is 7.68. The third-order valence-electron chi connectivity index (χ3n) is 4.27. The molecular weight excluding hydrogens is 322 g/mol. The number of rotatable bonds is 5. The first-order valence-corrected chi connectivity index (χ1v) is 8.88. The number of nitrogens with one attached hydrogen (secondary N) is 2. The Hall–Kier alpha value is -2.18. The Bertz CT molecular complexity index is 741. The smallest absolute Gasteiger partial charge is 0.251 e. The predicted octanol–water partition coefficient (Wildman–Crippen LogP) is 2.67. The molecule has 3 rings (SSSR count). The number of carbonyl (C=O) groups excluding carboxylic acids is 2. The molecule has 24 heavy (non-hydrogen) atoms.